The van der Waals surface area contributed by atoms with Crippen LogP contribution in [0.25, 0.3) is 22.3 Å². The summed E-state index contributed by atoms with van der Waals surface area (Å²) < 4.78 is 0. The van der Waals surface area contributed by atoms with Gasteiger partial charge < -0.3 is 9.97 Å². The highest BCUT2D eigenvalue weighted by Gasteiger charge is 2.06. The molecule has 5 nitrogen and oxygen atoms in total. The minimum Gasteiger partial charge on any atom is -0.339 e. The fraction of sp³-hybridized carbons (Fsp3) is 0.0556. The lowest BCUT2D eigenvalue weighted by atomic mass is 10.0. The molecule has 0 aliphatic carbocycles. The van der Waals surface area contributed by atoms with Gasteiger partial charge in [-0.2, -0.15) is 0 Å². The van der Waals surface area contributed by atoms with Gasteiger partial charge in [0.05, 0.1) is 6.33 Å². The molecular weight excluding hydrogens is 288 g/mol. The van der Waals surface area contributed by atoms with Crippen molar-refractivity contribution < 1.29 is 0 Å². The third kappa shape index (κ3) is 2.64. The molecule has 0 spiro atoms. The lowest BCUT2D eigenvalue weighted by molar-refractivity contribution is 0.967. The minimum absolute atomic E-state index is 0.191. The predicted molar refractivity (Wildman–Crippen MR) is 89.2 cm³/mol. The number of benzene rings is 2. The van der Waals surface area contributed by atoms with E-state index < -0.39 is 0 Å². The third-order valence-electron chi connectivity index (χ3n) is 3.78. The molecule has 0 unspecified atom stereocenters. The van der Waals surface area contributed by atoms with Crippen LogP contribution >= 0.6 is 0 Å². The summed E-state index contributed by atoms with van der Waals surface area (Å²) in [5.41, 5.74) is 4.10. The van der Waals surface area contributed by atoms with Crippen molar-refractivity contribution in [3.05, 3.63) is 82.7 Å². The monoisotopic (exact) mass is 302 g/mol. The van der Waals surface area contributed by atoms with Crippen LogP contribution in [0.1, 0.15) is 11.4 Å². The highest BCUT2D eigenvalue weighted by Crippen LogP contribution is 2.19. The van der Waals surface area contributed by atoms with Crippen LogP contribution < -0.4 is 5.56 Å². The van der Waals surface area contributed by atoms with Crippen molar-refractivity contribution in [3.63, 3.8) is 0 Å². The number of nitrogens with zero attached hydrogens (tertiary/aromatic N) is 2. The number of rotatable bonds is 3. The van der Waals surface area contributed by atoms with Crippen molar-refractivity contribution in [1.82, 2.24) is 19.9 Å². The van der Waals surface area contributed by atoms with Gasteiger partial charge in [0.15, 0.2) is 11.2 Å². The van der Waals surface area contributed by atoms with Gasteiger partial charge in [0.1, 0.15) is 5.82 Å². The lowest BCUT2D eigenvalue weighted by Gasteiger charge is -2.04. The van der Waals surface area contributed by atoms with Gasteiger partial charge in [-0.05, 0) is 16.7 Å². The molecule has 2 aromatic heterocycles. The van der Waals surface area contributed by atoms with E-state index in [2.05, 4.69) is 56.3 Å². The molecule has 0 amide bonds. The number of aromatic amines is 2. The maximum absolute atomic E-state index is 11.9. The van der Waals surface area contributed by atoms with Gasteiger partial charge in [-0.1, -0.05) is 54.6 Å². The molecule has 4 aromatic rings. The summed E-state index contributed by atoms with van der Waals surface area (Å²) in [5.74, 6) is 0.613. The first kappa shape index (κ1) is 13.5. The van der Waals surface area contributed by atoms with Crippen molar-refractivity contribution in [2.24, 2.45) is 0 Å². The van der Waals surface area contributed by atoms with E-state index in [4.69, 9.17) is 0 Å². The Balaban J connectivity index is 1.62. The van der Waals surface area contributed by atoms with Gasteiger partial charge in [-0.15, -0.1) is 0 Å². The molecule has 0 aliphatic heterocycles. The van der Waals surface area contributed by atoms with Crippen molar-refractivity contribution >= 4 is 11.2 Å². The van der Waals surface area contributed by atoms with E-state index in [9.17, 15) is 4.79 Å². The van der Waals surface area contributed by atoms with Gasteiger partial charge in [0, 0.05) is 6.42 Å². The first-order chi connectivity index (χ1) is 11.3. The number of hydrogen-bond acceptors (Lipinski definition) is 3. The molecule has 0 bridgehead atoms. The van der Waals surface area contributed by atoms with Crippen LogP contribution in [0.3, 0.4) is 0 Å². The maximum atomic E-state index is 11.9. The summed E-state index contributed by atoms with van der Waals surface area (Å²) in [5, 5.41) is 0. The zero-order valence-electron chi connectivity index (χ0n) is 12.3. The van der Waals surface area contributed by atoms with Crippen LogP contribution in [0.2, 0.25) is 0 Å². The highest BCUT2D eigenvalue weighted by atomic mass is 16.1. The van der Waals surface area contributed by atoms with E-state index in [0.29, 0.717) is 23.4 Å². The lowest BCUT2D eigenvalue weighted by Crippen LogP contribution is -2.12. The van der Waals surface area contributed by atoms with Gasteiger partial charge in [-0.25, -0.2) is 9.97 Å². The van der Waals surface area contributed by atoms with Gasteiger partial charge >= 0.3 is 0 Å². The normalized spacial score (nSPS) is 11.0. The Labute approximate surface area is 132 Å². The number of aromatic nitrogens is 4. The summed E-state index contributed by atoms with van der Waals surface area (Å²) in [6, 6.07) is 18.5. The predicted octanol–water partition coefficient (Wildman–Crippen LogP) is 2.90. The second-order valence-electron chi connectivity index (χ2n) is 5.35. The van der Waals surface area contributed by atoms with Gasteiger partial charge in [0.25, 0.3) is 5.56 Å². The topological polar surface area (TPSA) is 74.4 Å². The van der Waals surface area contributed by atoms with E-state index in [1.807, 2.05) is 18.2 Å². The molecule has 0 aliphatic rings. The van der Waals surface area contributed by atoms with Crippen LogP contribution in [-0.4, -0.2) is 19.9 Å². The van der Waals surface area contributed by atoms with Crippen molar-refractivity contribution in [1.29, 1.82) is 0 Å². The Morgan fingerprint density at radius 1 is 0.913 bits per heavy atom. The quantitative estimate of drug-likeness (QED) is 0.611. The zero-order valence-corrected chi connectivity index (χ0v) is 12.3. The Bertz CT molecular complexity index is 1000. The van der Waals surface area contributed by atoms with Crippen LogP contribution in [0.4, 0.5) is 0 Å². The Hall–Kier alpha value is -3.21. The van der Waals surface area contributed by atoms with Crippen molar-refractivity contribution in [2.45, 2.75) is 6.42 Å². The summed E-state index contributed by atoms with van der Waals surface area (Å²) in [7, 11) is 0. The molecule has 0 saturated heterocycles. The molecule has 4 rings (SSSR count). The minimum atomic E-state index is -0.191. The molecule has 112 valence electrons. The number of fused-ring (bicyclic) bond motifs is 1. The van der Waals surface area contributed by atoms with E-state index in [0.717, 1.165) is 5.56 Å². The fourth-order valence-electron chi connectivity index (χ4n) is 2.61. The molecule has 2 N–H and O–H groups in total. The average molecular weight is 302 g/mol. The number of H-pyrrole nitrogens is 2. The molecule has 0 atom stereocenters. The molecule has 23 heavy (non-hydrogen) atoms. The Morgan fingerprint density at radius 2 is 1.65 bits per heavy atom. The van der Waals surface area contributed by atoms with Gasteiger partial charge in [-0.3, -0.25) is 4.79 Å². The van der Waals surface area contributed by atoms with Crippen LogP contribution in [0, 0.1) is 0 Å². The standard InChI is InChI=1S/C18H14N4O/c23-18-16-17(20-11-19-16)21-15(22-18)10-12-6-8-14(9-7-12)13-4-2-1-3-5-13/h1-9,11H,10H2,(H2,19,20,21,22,23). The zero-order chi connectivity index (χ0) is 15.6. The van der Waals surface area contributed by atoms with Crippen molar-refractivity contribution in [2.75, 3.05) is 0 Å². The number of nitrogens with one attached hydrogen (secondary N) is 2. The van der Waals surface area contributed by atoms with Crippen LogP contribution in [0.5, 0.6) is 0 Å². The first-order valence-corrected chi connectivity index (χ1v) is 7.36. The maximum Gasteiger partial charge on any atom is 0.276 e. The van der Waals surface area contributed by atoms with Gasteiger partial charge in [0.2, 0.25) is 0 Å². The summed E-state index contributed by atoms with van der Waals surface area (Å²) in [6.45, 7) is 0. The Kier molecular flexibility index (Phi) is 3.24. The number of hydrogen-bond donors (Lipinski definition) is 2. The van der Waals surface area contributed by atoms with E-state index in [1.165, 1.54) is 17.5 Å². The van der Waals surface area contributed by atoms with Crippen molar-refractivity contribution in [3.8, 4) is 11.1 Å². The molecule has 0 saturated carbocycles. The summed E-state index contributed by atoms with van der Waals surface area (Å²) in [6.07, 6.45) is 2.04. The molecule has 0 fully saturated rings. The van der Waals surface area contributed by atoms with E-state index in [1.54, 1.807) is 0 Å². The third-order valence-corrected chi connectivity index (χ3v) is 3.78. The highest BCUT2D eigenvalue weighted by molar-refractivity contribution is 5.68. The largest absolute Gasteiger partial charge is 0.339 e. The number of imidazole rings is 1. The second kappa shape index (κ2) is 5.53. The summed E-state index contributed by atoms with van der Waals surface area (Å²) in [4.78, 5) is 25.9. The average Bonchev–Trinajstić information content (AvgIpc) is 3.05. The Morgan fingerprint density at radius 3 is 2.43 bits per heavy atom. The fourth-order valence-corrected chi connectivity index (χ4v) is 2.61. The smallest absolute Gasteiger partial charge is 0.276 e. The van der Waals surface area contributed by atoms with E-state index in [-0.39, 0.29) is 5.56 Å². The molecular formula is C18H14N4O. The van der Waals surface area contributed by atoms with Crippen LogP contribution in [-0.2, 0) is 6.42 Å². The summed E-state index contributed by atoms with van der Waals surface area (Å²) >= 11 is 0. The van der Waals surface area contributed by atoms with Crippen LogP contribution in [0.15, 0.2) is 65.7 Å². The SMILES string of the molecule is O=c1[nH]c(Cc2ccc(-c3ccccc3)cc2)nc2nc[nH]c12. The molecule has 0 radical (unpaired) electrons. The molecule has 2 heterocycles. The second-order valence-corrected chi connectivity index (χ2v) is 5.35. The van der Waals surface area contributed by atoms with E-state index >= 15 is 0 Å². The molecule has 5 heteroatoms. The molecule has 2 aromatic carbocycles. The first-order valence-electron chi connectivity index (χ1n) is 7.36.